The molecule has 0 aliphatic heterocycles. The predicted molar refractivity (Wildman–Crippen MR) is 112 cm³/mol. The molecule has 1 heterocycles. The topological polar surface area (TPSA) is 87.1 Å². The predicted octanol–water partition coefficient (Wildman–Crippen LogP) is 3.62. The Bertz CT molecular complexity index is 798. The molecule has 2 atom stereocenters. The lowest BCUT2D eigenvalue weighted by molar-refractivity contribution is -0.136. The van der Waals surface area contributed by atoms with Crippen LogP contribution in [0.1, 0.15) is 94.1 Å². The number of carbonyl (C=O) groups is 1. The quantitative estimate of drug-likeness (QED) is 0.721. The smallest absolute Gasteiger partial charge is 0.254 e. The SMILES string of the molecule is CC(C)(C)Nc1ncc(C(=O)NC2C3CC4CC2CC(O)(C4)C3)c(C2CCC2)n1. The van der Waals surface area contributed by atoms with Gasteiger partial charge in [-0.05, 0) is 83.5 Å². The first-order chi connectivity index (χ1) is 13.7. The lowest BCUT2D eigenvalue weighted by Crippen LogP contribution is -2.61. The number of amides is 1. The maximum atomic E-state index is 13.3. The van der Waals surface area contributed by atoms with Gasteiger partial charge < -0.3 is 15.7 Å². The molecule has 1 aromatic rings. The largest absolute Gasteiger partial charge is 0.390 e. The van der Waals surface area contributed by atoms with Crippen molar-refractivity contribution in [3.05, 3.63) is 17.5 Å². The number of rotatable bonds is 4. The van der Waals surface area contributed by atoms with Crippen LogP contribution in [0.2, 0.25) is 0 Å². The Morgan fingerprint density at radius 2 is 1.86 bits per heavy atom. The van der Waals surface area contributed by atoms with Gasteiger partial charge in [0.25, 0.3) is 5.91 Å². The summed E-state index contributed by atoms with van der Waals surface area (Å²) < 4.78 is 0. The highest BCUT2D eigenvalue weighted by atomic mass is 16.3. The molecule has 6 nitrogen and oxygen atoms in total. The van der Waals surface area contributed by atoms with Gasteiger partial charge in [-0.3, -0.25) is 4.79 Å². The van der Waals surface area contributed by atoms with Gasteiger partial charge in [0.1, 0.15) is 0 Å². The first-order valence-corrected chi connectivity index (χ1v) is 11.4. The summed E-state index contributed by atoms with van der Waals surface area (Å²) in [5.41, 5.74) is 0.944. The maximum absolute atomic E-state index is 13.3. The van der Waals surface area contributed by atoms with Gasteiger partial charge in [-0.25, -0.2) is 9.97 Å². The number of anilines is 1. The maximum Gasteiger partial charge on any atom is 0.254 e. The number of hydrogen-bond acceptors (Lipinski definition) is 5. The molecule has 0 saturated heterocycles. The van der Waals surface area contributed by atoms with Crippen LogP contribution in [-0.2, 0) is 0 Å². The van der Waals surface area contributed by atoms with E-state index in [9.17, 15) is 9.90 Å². The zero-order chi connectivity index (χ0) is 20.4. The van der Waals surface area contributed by atoms with Crippen molar-refractivity contribution in [1.29, 1.82) is 0 Å². The number of aliphatic hydroxyl groups is 1. The summed E-state index contributed by atoms with van der Waals surface area (Å²) in [6.07, 6.45) is 10.0. The number of hydrogen-bond donors (Lipinski definition) is 3. The molecular weight excluding hydrogens is 364 g/mol. The van der Waals surface area contributed by atoms with Crippen molar-refractivity contribution in [1.82, 2.24) is 15.3 Å². The van der Waals surface area contributed by atoms with Crippen molar-refractivity contribution in [3.63, 3.8) is 0 Å². The second kappa shape index (κ2) is 6.66. The van der Waals surface area contributed by atoms with E-state index in [0.717, 1.165) is 50.6 Å². The average molecular weight is 399 g/mol. The monoisotopic (exact) mass is 398 g/mol. The van der Waals surface area contributed by atoms with Crippen LogP contribution in [0.25, 0.3) is 0 Å². The Labute approximate surface area is 173 Å². The highest BCUT2D eigenvalue weighted by Crippen LogP contribution is 2.55. The minimum absolute atomic E-state index is 0.0290. The van der Waals surface area contributed by atoms with Crippen LogP contribution in [0.3, 0.4) is 0 Å². The molecular formula is C23H34N4O2. The molecule has 0 radical (unpaired) electrons. The highest BCUT2D eigenvalue weighted by molar-refractivity contribution is 5.95. The summed E-state index contributed by atoms with van der Waals surface area (Å²) in [6, 6.07) is 0.181. The number of nitrogens with zero attached hydrogens (tertiary/aromatic N) is 2. The molecule has 6 rings (SSSR count). The third-order valence-corrected chi connectivity index (χ3v) is 7.58. The molecule has 3 N–H and O–H groups in total. The molecule has 4 bridgehead atoms. The zero-order valence-corrected chi connectivity index (χ0v) is 17.9. The molecule has 6 heteroatoms. The summed E-state index contributed by atoms with van der Waals surface area (Å²) in [5, 5.41) is 17.5. The van der Waals surface area contributed by atoms with Gasteiger partial charge >= 0.3 is 0 Å². The van der Waals surface area contributed by atoms with Crippen molar-refractivity contribution in [2.24, 2.45) is 17.8 Å². The minimum atomic E-state index is -0.474. The molecule has 1 aromatic heterocycles. The third kappa shape index (κ3) is 3.65. The van der Waals surface area contributed by atoms with Crippen molar-refractivity contribution < 1.29 is 9.90 Å². The summed E-state index contributed by atoms with van der Waals surface area (Å²) in [4.78, 5) is 22.5. The van der Waals surface area contributed by atoms with E-state index in [2.05, 4.69) is 36.4 Å². The van der Waals surface area contributed by atoms with Gasteiger partial charge in [-0.15, -0.1) is 0 Å². The van der Waals surface area contributed by atoms with Gasteiger partial charge in [-0.1, -0.05) is 6.42 Å². The molecule has 158 valence electrons. The lowest BCUT2D eigenvalue weighted by atomic mass is 9.52. The molecule has 1 amide bonds. The Morgan fingerprint density at radius 1 is 1.17 bits per heavy atom. The van der Waals surface area contributed by atoms with Crippen LogP contribution >= 0.6 is 0 Å². The lowest BCUT2D eigenvalue weighted by Gasteiger charge is -2.58. The van der Waals surface area contributed by atoms with E-state index in [1.807, 2.05) is 0 Å². The van der Waals surface area contributed by atoms with E-state index < -0.39 is 5.60 Å². The molecule has 5 aliphatic rings. The van der Waals surface area contributed by atoms with Gasteiger partial charge in [-0.2, -0.15) is 0 Å². The van der Waals surface area contributed by atoms with E-state index in [-0.39, 0.29) is 17.5 Å². The molecule has 29 heavy (non-hydrogen) atoms. The number of carbonyl (C=O) groups excluding carboxylic acids is 1. The molecule has 0 spiro atoms. The first-order valence-electron chi connectivity index (χ1n) is 11.4. The normalized spacial score (nSPS) is 36.0. The Balaban J connectivity index is 1.37. The van der Waals surface area contributed by atoms with E-state index in [1.165, 1.54) is 6.42 Å². The fourth-order valence-corrected chi connectivity index (χ4v) is 6.40. The Hall–Kier alpha value is -1.69. The summed E-state index contributed by atoms with van der Waals surface area (Å²) in [5.74, 6) is 2.39. The van der Waals surface area contributed by atoms with Crippen LogP contribution in [0.15, 0.2) is 6.20 Å². The van der Waals surface area contributed by atoms with E-state index >= 15 is 0 Å². The first kappa shape index (κ1) is 19.3. The van der Waals surface area contributed by atoms with Gasteiger partial charge in [0, 0.05) is 23.7 Å². The minimum Gasteiger partial charge on any atom is -0.390 e. The standard InChI is InChI=1S/C23H34N4O2/c1-22(2,3)27-21-24-12-17(19(26-21)14-5-4-6-14)20(28)25-18-15-7-13-8-16(18)11-23(29,9-13)10-15/h12-16,18,29H,4-11H2,1-3H3,(H,25,28)(H,24,26,27). The fourth-order valence-electron chi connectivity index (χ4n) is 6.40. The highest BCUT2D eigenvalue weighted by Gasteiger charge is 2.55. The Morgan fingerprint density at radius 3 is 2.41 bits per heavy atom. The summed E-state index contributed by atoms with van der Waals surface area (Å²) >= 11 is 0. The van der Waals surface area contributed by atoms with Crippen molar-refractivity contribution in [2.45, 2.75) is 95.2 Å². The second-order valence-corrected chi connectivity index (χ2v) is 11.2. The van der Waals surface area contributed by atoms with Crippen LogP contribution in [-0.4, -0.2) is 38.2 Å². The van der Waals surface area contributed by atoms with Crippen molar-refractivity contribution in [3.8, 4) is 0 Å². The zero-order valence-electron chi connectivity index (χ0n) is 17.9. The van der Waals surface area contributed by atoms with Crippen molar-refractivity contribution >= 4 is 11.9 Å². The van der Waals surface area contributed by atoms with Crippen LogP contribution in [0.4, 0.5) is 5.95 Å². The molecule has 0 aromatic carbocycles. The average Bonchev–Trinajstić information content (AvgIpc) is 2.53. The van der Waals surface area contributed by atoms with E-state index in [0.29, 0.717) is 35.2 Å². The van der Waals surface area contributed by atoms with Gasteiger partial charge in [0.05, 0.1) is 16.9 Å². The fraction of sp³-hybridized carbons (Fsp3) is 0.783. The summed E-state index contributed by atoms with van der Waals surface area (Å²) in [6.45, 7) is 6.25. The molecule has 2 unspecified atom stereocenters. The van der Waals surface area contributed by atoms with E-state index in [1.54, 1.807) is 6.20 Å². The number of nitrogens with one attached hydrogen (secondary N) is 2. The van der Waals surface area contributed by atoms with Gasteiger partial charge in [0.15, 0.2) is 0 Å². The summed E-state index contributed by atoms with van der Waals surface area (Å²) in [7, 11) is 0. The number of aromatic nitrogens is 2. The van der Waals surface area contributed by atoms with Crippen molar-refractivity contribution in [2.75, 3.05) is 5.32 Å². The van der Waals surface area contributed by atoms with E-state index in [4.69, 9.17) is 4.98 Å². The van der Waals surface area contributed by atoms with Crippen LogP contribution in [0.5, 0.6) is 0 Å². The molecule has 5 aliphatic carbocycles. The third-order valence-electron chi connectivity index (χ3n) is 7.58. The van der Waals surface area contributed by atoms with Crippen LogP contribution in [0, 0.1) is 17.8 Å². The molecule has 5 fully saturated rings. The van der Waals surface area contributed by atoms with Crippen LogP contribution < -0.4 is 10.6 Å². The Kier molecular flexibility index (Phi) is 4.43. The van der Waals surface area contributed by atoms with Gasteiger partial charge in [0.2, 0.25) is 5.95 Å². The second-order valence-electron chi connectivity index (χ2n) is 11.2. The molecule has 5 saturated carbocycles.